The first kappa shape index (κ1) is 18.6. The van der Waals surface area contributed by atoms with E-state index in [0.717, 1.165) is 0 Å². The minimum absolute atomic E-state index is 0.150. The zero-order chi connectivity index (χ0) is 17.4. The summed E-state index contributed by atoms with van der Waals surface area (Å²) in [5.74, 6) is 0.696. The van der Waals surface area contributed by atoms with Crippen molar-refractivity contribution in [2.75, 3.05) is 35.5 Å². The van der Waals surface area contributed by atoms with Crippen LogP contribution in [0.2, 0.25) is 0 Å². The molecule has 7 heteroatoms. The third kappa shape index (κ3) is 4.28. The Morgan fingerprint density at radius 3 is 1.91 bits per heavy atom. The molecule has 23 heavy (non-hydrogen) atoms. The number of carbonyl (C=O) groups is 2. The lowest BCUT2D eigenvalue weighted by Crippen LogP contribution is -2.09. The molecule has 0 radical (unpaired) electrons. The van der Waals surface area contributed by atoms with E-state index in [1.165, 1.54) is 35.5 Å². The minimum atomic E-state index is -0.357. The van der Waals surface area contributed by atoms with Crippen molar-refractivity contribution in [2.45, 2.75) is 19.3 Å². The maximum absolute atomic E-state index is 12.5. The van der Waals surface area contributed by atoms with Crippen LogP contribution in [0, 0.1) is 0 Å². The van der Waals surface area contributed by atoms with Gasteiger partial charge in [0.2, 0.25) is 5.75 Å². The first-order valence-electron chi connectivity index (χ1n) is 7.00. The van der Waals surface area contributed by atoms with Gasteiger partial charge in [0.05, 0.1) is 35.5 Å². The standard InChI is InChI=1S/C16H22O7/c1-19-11-9-12(20-2)15(22-4)16(23-5)14(11)10(17)7-6-8-13(18)21-3/h9H,6-8H2,1-5H3. The topological polar surface area (TPSA) is 80.3 Å². The third-order valence-electron chi connectivity index (χ3n) is 3.30. The van der Waals surface area contributed by atoms with Crippen molar-refractivity contribution in [3.8, 4) is 23.0 Å². The van der Waals surface area contributed by atoms with Gasteiger partial charge in [0.15, 0.2) is 17.3 Å². The predicted molar refractivity (Wildman–Crippen MR) is 82.8 cm³/mol. The number of carbonyl (C=O) groups excluding carboxylic acids is 2. The highest BCUT2D eigenvalue weighted by Crippen LogP contribution is 2.45. The Kier molecular flexibility index (Phi) is 7.18. The molecule has 0 fully saturated rings. The molecule has 0 bridgehead atoms. The molecule has 0 spiro atoms. The van der Waals surface area contributed by atoms with Gasteiger partial charge in [-0.05, 0) is 6.42 Å². The third-order valence-corrected chi connectivity index (χ3v) is 3.30. The van der Waals surface area contributed by atoms with E-state index in [1.54, 1.807) is 6.07 Å². The van der Waals surface area contributed by atoms with Gasteiger partial charge in [-0.1, -0.05) is 0 Å². The van der Waals surface area contributed by atoms with Gasteiger partial charge in [0.1, 0.15) is 11.3 Å². The van der Waals surface area contributed by atoms with E-state index in [9.17, 15) is 9.59 Å². The average Bonchev–Trinajstić information content (AvgIpc) is 2.58. The van der Waals surface area contributed by atoms with Gasteiger partial charge in [-0.25, -0.2) is 0 Å². The summed E-state index contributed by atoms with van der Waals surface area (Å²) in [6.45, 7) is 0. The average molecular weight is 326 g/mol. The van der Waals surface area contributed by atoms with Crippen molar-refractivity contribution in [2.24, 2.45) is 0 Å². The molecule has 1 rings (SSSR count). The van der Waals surface area contributed by atoms with E-state index in [4.69, 9.17) is 18.9 Å². The number of ketones is 1. The summed E-state index contributed by atoms with van der Waals surface area (Å²) in [4.78, 5) is 23.7. The molecule has 1 aromatic rings. The molecule has 0 aliphatic rings. The smallest absolute Gasteiger partial charge is 0.305 e. The largest absolute Gasteiger partial charge is 0.496 e. The minimum Gasteiger partial charge on any atom is -0.496 e. The fourth-order valence-corrected chi connectivity index (χ4v) is 2.18. The SMILES string of the molecule is COC(=O)CCCC(=O)c1c(OC)cc(OC)c(OC)c1OC. The van der Waals surface area contributed by atoms with Gasteiger partial charge in [0.25, 0.3) is 0 Å². The Morgan fingerprint density at radius 1 is 0.826 bits per heavy atom. The lowest BCUT2D eigenvalue weighted by molar-refractivity contribution is -0.140. The molecular weight excluding hydrogens is 304 g/mol. The molecule has 0 aliphatic heterocycles. The van der Waals surface area contributed by atoms with Crippen LogP contribution in [0.15, 0.2) is 6.07 Å². The number of methoxy groups -OCH3 is 5. The van der Waals surface area contributed by atoms with Gasteiger partial charge >= 0.3 is 5.97 Å². The highest BCUT2D eigenvalue weighted by atomic mass is 16.5. The molecule has 0 saturated carbocycles. The van der Waals surface area contributed by atoms with Crippen LogP contribution in [-0.4, -0.2) is 47.3 Å². The number of esters is 1. The van der Waals surface area contributed by atoms with Gasteiger partial charge in [-0.15, -0.1) is 0 Å². The second-order valence-electron chi connectivity index (χ2n) is 4.58. The quantitative estimate of drug-likeness (QED) is 0.508. The number of rotatable bonds is 9. The van der Waals surface area contributed by atoms with Gasteiger partial charge in [-0.2, -0.15) is 0 Å². The highest BCUT2D eigenvalue weighted by molar-refractivity contribution is 6.02. The van der Waals surface area contributed by atoms with Gasteiger partial charge in [-0.3, -0.25) is 9.59 Å². The maximum atomic E-state index is 12.5. The summed E-state index contributed by atoms with van der Waals surface area (Å²) < 4.78 is 25.7. The van der Waals surface area contributed by atoms with Crippen molar-refractivity contribution in [3.05, 3.63) is 11.6 Å². The van der Waals surface area contributed by atoms with Crippen molar-refractivity contribution >= 4 is 11.8 Å². The molecule has 7 nitrogen and oxygen atoms in total. The van der Waals surface area contributed by atoms with Crippen LogP contribution in [0.1, 0.15) is 29.6 Å². The van der Waals surface area contributed by atoms with Crippen molar-refractivity contribution < 1.29 is 33.3 Å². The van der Waals surface area contributed by atoms with Gasteiger partial charge in [0, 0.05) is 18.9 Å². The molecule has 0 aliphatic carbocycles. The van der Waals surface area contributed by atoms with Crippen molar-refractivity contribution in [1.29, 1.82) is 0 Å². The molecule has 1 aromatic carbocycles. The normalized spacial score (nSPS) is 9.96. The summed E-state index contributed by atoms with van der Waals surface area (Å²) >= 11 is 0. The van der Waals surface area contributed by atoms with Crippen LogP contribution < -0.4 is 18.9 Å². The Balaban J connectivity index is 3.17. The second-order valence-corrected chi connectivity index (χ2v) is 4.58. The molecular formula is C16H22O7. The highest BCUT2D eigenvalue weighted by Gasteiger charge is 2.26. The van der Waals surface area contributed by atoms with Crippen LogP contribution in [-0.2, 0) is 9.53 Å². The van der Waals surface area contributed by atoms with E-state index in [-0.39, 0.29) is 35.9 Å². The van der Waals surface area contributed by atoms with Crippen molar-refractivity contribution in [1.82, 2.24) is 0 Å². The fraction of sp³-hybridized carbons (Fsp3) is 0.500. The number of benzene rings is 1. The predicted octanol–water partition coefficient (Wildman–Crippen LogP) is 2.25. The molecule has 0 amide bonds. The molecule has 0 unspecified atom stereocenters. The summed E-state index contributed by atoms with van der Waals surface area (Å²) in [5, 5.41) is 0. The maximum Gasteiger partial charge on any atom is 0.305 e. The van der Waals surface area contributed by atoms with E-state index in [2.05, 4.69) is 4.74 Å². The van der Waals surface area contributed by atoms with Crippen LogP contribution >= 0.6 is 0 Å². The molecule has 0 saturated heterocycles. The summed E-state index contributed by atoms with van der Waals surface area (Å²) in [5.41, 5.74) is 0.262. The lowest BCUT2D eigenvalue weighted by Gasteiger charge is -2.18. The summed E-state index contributed by atoms with van der Waals surface area (Å²) in [6.07, 6.45) is 0.684. The van der Waals surface area contributed by atoms with Crippen molar-refractivity contribution in [3.63, 3.8) is 0 Å². The summed E-state index contributed by atoms with van der Waals surface area (Å²) in [7, 11) is 7.13. The van der Waals surface area contributed by atoms with E-state index in [1.807, 2.05) is 0 Å². The Labute approximate surface area is 135 Å². The van der Waals surface area contributed by atoms with Gasteiger partial charge < -0.3 is 23.7 Å². The Morgan fingerprint density at radius 2 is 1.43 bits per heavy atom. The number of hydrogen-bond donors (Lipinski definition) is 0. The van der Waals surface area contributed by atoms with E-state index >= 15 is 0 Å². The molecule has 128 valence electrons. The monoisotopic (exact) mass is 326 g/mol. The fourth-order valence-electron chi connectivity index (χ4n) is 2.18. The zero-order valence-corrected chi connectivity index (χ0v) is 14.1. The van der Waals surface area contributed by atoms with E-state index in [0.29, 0.717) is 23.7 Å². The van der Waals surface area contributed by atoms with Crippen LogP contribution in [0.25, 0.3) is 0 Å². The first-order valence-corrected chi connectivity index (χ1v) is 7.00. The Hall–Kier alpha value is -2.44. The molecule has 0 N–H and O–H groups in total. The number of Topliss-reactive ketones (excluding diaryl/α,β-unsaturated/α-hetero) is 1. The Bertz CT molecular complexity index is 566. The molecule has 0 heterocycles. The van der Waals surface area contributed by atoms with Crippen LogP contribution in [0.5, 0.6) is 23.0 Å². The molecule has 0 aromatic heterocycles. The zero-order valence-electron chi connectivity index (χ0n) is 14.1. The van der Waals surface area contributed by atoms with Crippen LogP contribution in [0.4, 0.5) is 0 Å². The lowest BCUT2D eigenvalue weighted by atomic mass is 10.0. The first-order chi connectivity index (χ1) is 11.0. The van der Waals surface area contributed by atoms with Crippen LogP contribution in [0.3, 0.4) is 0 Å². The number of ether oxygens (including phenoxy) is 5. The summed E-state index contributed by atoms with van der Waals surface area (Å²) in [6, 6.07) is 1.56. The van der Waals surface area contributed by atoms with E-state index < -0.39 is 0 Å². The molecule has 0 atom stereocenters. The second kappa shape index (κ2) is 8.87. The number of hydrogen-bond acceptors (Lipinski definition) is 7.